The lowest BCUT2D eigenvalue weighted by Crippen LogP contribution is -2.17. The summed E-state index contributed by atoms with van der Waals surface area (Å²) in [7, 11) is 2.22. The van der Waals surface area contributed by atoms with Crippen LogP contribution in [-0.4, -0.2) is 7.05 Å². The van der Waals surface area contributed by atoms with Crippen molar-refractivity contribution in [3.8, 4) is 0 Å². The van der Waals surface area contributed by atoms with E-state index in [1.54, 1.807) is 5.57 Å². The van der Waals surface area contributed by atoms with Gasteiger partial charge in [-0.25, -0.2) is 0 Å². The lowest BCUT2D eigenvalue weighted by molar-refractivity contribution is 0.841. The molecule has 1 aliphatic carbocycles. The summed E-state index contributed by atoms with van der Waals surface area (Å²) in [6.45, 7) is 0. The molecule has 1 nitrogen and oxygen atoms in total. The summed E-state index contributed by atoms with van der Waals surface area (Å²) in [4.78, 5) is 2.41. The van der Waals surface area contributed by atoms with Crippen molar-refractivity contribution in [3.63, 3.8) is 0 Å². The highest BCUT2D eigenvalue weighted by Crippen LogP contribution is 2.34. The second-order valence-corrected chi connectivity index (χ2v) is 4.95. The van der Waals surface area contributed by atoms with Crippen LogP contribution in [0, 0.1) is 0 Å². The third kappa shape index (κ3) is 1.90. The summed E-state index contributed by atoms with van der Waals surface area (Å²) in [5, 5.41) is 0. The zero-order valence-corrected chi connectivity index (χ0v) is 10.4. The van der Waals surface area contributed by atoms with Crippen LogP contribution in [0.25, 0.3) is 0 Å². The summed E-state index contributed by atoms with van der Waals surface area (Å²) in [6.07, 6.45) is 10.6. The number of allylic oxidation sites excluding steroid dienone is 3. The Morgan fingerprint density at radius 3 is 2.82 bits per heavy atom. The van der Waals surface area contributed by atoms with E-state index in [2.05, 4.69) is 48.4 Å². The van der Waals surface area contributed by atoms with Crippen molar-refractivity contribution < 1.29 is 0 Å². The number of anilines is 1. The minimum Gasteiger partial charge on any atom is -0.348 e. The van der Waals surface area contributed by atoms with Crippen molar-refractivity contribution in [1.82, 2.24) is 0 Å². The lowest BCUT2D eigenvalue weighted by atomic mass is 10.0. The second-order valence-electron chi connectivity index (χ2n) is 4.95. The van der Waals surface area contributed by atoms with Crippen molar-refractivity contribution >= 4 is 5.69 Å². The number of para-hydroxylation sites is 1. The summed E-state index contributed by atoms with van der Waals surface area (Å²) >= 11 is 0. The van der Waals surface area contributed by atoms with Gasteiger partial charge >= 0.3 is 0 Å². The predicted octanol–water partition coefficient (Wildman–Crippen LogP) is 4.06. The fraction of sp³-hybridized carbons (Fsp3) is 0.375. The molecule has 1 heterocycles. The normalized spacial score (nSPS) is 19.5. The first kappa shape index (κ1) is 10.6. The minimum absolute atomic E-state index is 1.10. The van der Waals surface area contributed by atoms with Crippen LogP contribution >= 0.6 is 0 Å². The Balaban J connectivity index is 2.05. The van der Waals surface area contributed by atoms with Gasteiger partial charge in [0.2, 0.25) is 0 Å². The van der Waals surface area contributed by atoms with Crippen molar-refractivity contribution in [2.45, 2.75) is 32.1 Å². The molecule has 0 spiro atoms. The van der Waals surface area contributed by atoms with Crippen molar-refractivity contribution in [1.29, 1.82) is 0 Å². The van der Waals surface area contributed by atoms with Crippen LogP contribution < -0.4 is 4.90 Å². The van der Waals surface area contributed by atoms with Gasteiger partial charge in [-0.3, -0.25) is 0 Å². The molecule has 1 heteroatoms. The van der Waals surface area contributed by atoms with Crippen LogP contribution in [-0.2, 0) is 6.42 Å². The van der Waals surface area contributed by atoms with Crippen molar-refractivity contribution in [2.75, 3.05) is 11.9 Å². The van der Waals surface area contributed by atoms with Crippen LogP contribution in [0.2, 0.25) is 0 Å². The molecule has 0 saturated carbocycles. The maximum absolute atomic E-state index is 2.41. The molecule has 0 N–H and O–H groups in total. The van der Waals surface area contributed by atoms with Gasteiger partial charge in [0.05, 0.1) is 0 Å². The first-order chi connectivity index (χ1) is 8.36. The molecule has 0 radical (unpaired) electrons. The summed E-state index contributed by atoms with van der Waals surface area (Å²) in [5.41, 5.74) is 6.08. The van der Waals surface area contributed by atoms with E-state index < -0.39 is 0 Å². The van der Waals surface area contributed by atoms with Crippen LogP contribution in [0.4, 0.5) is 5.69 Å². The van der Waals surface area contributed by atoms with E-state index in [1.807, 2.05) is 0 Å². The number of rotatable bonds is 0. The highest BCUT2D eigenvalue weighted by Gasteiger charge is 2.19. The van der Waals surface area contributed by atoms with Gasteiger partial charge in [0.1, 0.15) is 0 Å². The number of fused-ring (bicyclic) bond motifs is 1. The molecule has 17 heavy (non-hydrogen) atoms. The Labute approximate surface area is 103 Å². The number of hydrogen-bond acceptors (Lipinski definition) is 1. The Morgan fingerprint density at radius 1 is 1.00 bits per heavy atom. The standard InChI is InChI=1S/C16H19N/c1-17-15-9-4-2-3-7-13(15)11-12-14-8-5-6-10-16(14)17/h2,4-6,8,10H,3,7,9,11-12H2,1H3. The molecule has 1 aromatic carbocycles. The van der Waals surface area contributed by atoms with Crippen LogP contribution in [0.5, 0.6) is 0 Å². The lowest BCUT2D eigenvalue weighted by Gasteiger charge is -2.24. The van der Waals surface area contributed by atoms with Gasteiger partial charge < -0.3 is 4.90 Å². The largest absolute Gasteiger partial charge is 0.348 e. The molecular weight excluding hydrogens is 206 g/mol. The topological polar surface area (TPSA) is 3.24 Å². The number of nitrogens with zero attached hydrogens (tertiary/aromatic N) is 1. The number of aryl methyl sites for hydroxylation is 1. The van der Waals surface area contributed by atoms with E-state index in [0.29, 0.717) is 0 Å². The quantitative estimate of drug-likeness (QED) is 0.602. The fourth-order valence-corrected chi connectivity index (χ4v) is 2.98. The van der Waals surface area contributed by atoms with Gasteiger partial charge in [-0.1, -0.05) is 30.4 Å². The fourth-order valence-electron chi connectivity index (χ4n) is 2.98. The Kier molecular flexibility index (Phi) is 2.76. The molecule has 2 aliphatic rings. The smallest absolute Gasteiger partial charge is 0.0438 e. The van der Waals surface area contributed by atoms with E-state index >= 15 is 0 Å². The van der Waals surface area contributed by atoms with Crippen molar-refractivity contribution in [3.05, 3.63) is 53.3 Å². The summed E-state index contributed by atoms with van der Waals surface area (Å²) in [6, 6.07) is 8.82. The third-order valence-electron chi connectivity index (χ3n) is 3.95. The van der Waals surface area contributed by atoms with Crippen molar-refractivity contribution in [2.24, 2.45) is 0 Å². The molecule has 0 saturated heterocycles. The highest BCUT2D eigenvalue weighted by molar-refractivity contribution is 5.60. The van der Waals surface area contributed by atoms with Crippen LogP contribution in [0.15, 0.2) is 47.7 Å². The van der Waals surface area contributed by atoms with Gasteiger partial charge in [0.25, 0.3) is 0 Å². The van der Waals surface area contributed by atoms with Gasteiger partial charge in [0, 0.05) is 24.9 Å². The number of benzene rings is 1. The van der Waals surface area contributed by atoms with Gasteiger partial charge in [-0.15, -0.1) is 0 Å². The second kappa shape index (κ2) is 4.40. The first-order valence-electron chi connectivity index (χ1n) is 6.54. The third-order valence-corrected chi connectivity index (χ3v) is 3.95. The summed E-state index contributed by atoms with van der Waals surface area (Å²) in [5.74, 6) is 0. The van der Waals surface area contributed by atoms with Crippen LogP contribution in [0.1, 0.15) is 31.2 Å². The molecule has 1 aliphatic heterocycles. The van der Waals surface area contributed by atoms with E-state index in [4.69, 9.17) is 0 Å². The molecule has 3 rings (SSSR count). The highest BCUT2D eigenvalue weighted by atomic mass is 15.1. The Morgan fingerprint density at radius 2 is 1.88 bits per heavy atom. The molecule has 0 fully saturated rings. The average molecular weight is 225 g/mol. The molecule has 88 valence electrons. The van der Waals surface area contributed by atoms with Gasteiger partial charge in [-0.05, 0) is 42.9 Å². The Bertz CT molecular complexity index is 482. The van der Waals surface area contributed by atoms with Crippen LogP contribution in [0.3, 0.4) is 0 Å². The predicted molar refractivity (Wildman–Crippen MR) is 73.2 cm³/mol. The average Bonchev–Trinajstić information content (AvgIpc) is 2.66. The van der Waals surface area contributed by atoms with Gasteiger partial charge in [0.15, 0.2) is 0 Å². The van der Waals surface area contributed by atoms with E-state index in [0.717, 1.165) is 6.42 Å². The zero-order chi connectivity index (χ0) is 11.7. The monoisotopic (exact) mass is 225 g/mol. The Hall–Kier alpha value is -1.50. The summed E-state index contributed by atoms with van der Waals surface area (Å²) < 4.78 is 0. The van der Waals surface area contributed by atoms with Gasteiger partial charge in [-0.2, -0.15) is 0 Å². The first-order valence-corrected chi connectivity index (χ1v) is 6.54. The molecule has 0 bridgehead atoms. The maximum atomic E-state index is 2.41. The zero-order valence-electron chi connectivity index (χ0n) is 10.4. The molecule has 1 aromatic rings. The SMILES string of the molecule is CN1C2=C(CCC=CC2)CCc2ccccc21. The van der Waals surface area contributed by atoms with E-state index in [-0.39, 0.29) is 0 Å². The molecule has 0 unspecified atom stereocenters. The maximum Gasteiger partial charge on any atom is 0.0438 e. The molecule has 0 amide bonds. The molecule has 0 aromatic heterocycles. The number of hydrogen-bond donors (Lipinski definition) is 0. The van der Waals surface area contributed by atoms with E-state index in [1.165, 1.54) is 42.6 Å². The molecule has 0 atom stereocenters. The molecular formula is C16H19N. The minimum atomic E-state index is 1.10. The van der Waals surface area contributed by atoms with E-state index in [9.17, 15) is 0 Å².